The molecule has 0 radical (unpaired) electrons. The lowest BCUT2D eigenvalue weighted by Gasteiger charge is -2.10. The summed E-state index contributed by atoms with van der Waals surface area (Å²) in [4.78, 5) is 24.0. The average molecular weight is 447 g/mol. The Balaban J connectivity index is 1.43. The van der Waals surface area contributed by atoms with Crippen molar-refractivity contribution in [3.05, 3.63) is 58.1 Å². The number of hydrogen-bond acceptors (Lipinski definition) is 4. The van der Waals surface area contributed by atoms with Crippen LogP contribution in [-0.2, 0) is 11.2 Å². The lowest BCUT2D eigenvalue weighted by atomic mass is 10.1. The largest absolute Gasteiger partial charge is 0.497 e. The molecular formula is C21H23BrN2O4. The molecule has 0 bridgehead atoms. The maximum atomic E-state index is 12.4. The maximum Gasteiger partial charge on any atom is 0.258 e. The highest BCUT2D eigenvalue weighted by atomic mass is 79.9. The number of halogens is 1. The molecule has 2 N–H and O–H groups in total. The van der Waals surface area contributed by atoms with Gasteiger partial charge in [0.05, 0.1) is 12.7 Å². The van der Waals surface area contributed by atoms with Crippen LogP contribution in [0.5, 0.6) is 11.5 Å². The van der Waals surface area contributed by atoms with Gasteiger partial charge in [0.15, 0.2) is 6.61 Å². The van der Waals surface area contributed by atoms with Gasteiger partial charge in [-0.3, -0.25) is 9.59 Å². The Morgan fingerprint density at radius 1 is 1.11 bits per heavy atom. The van der Waals surface area contributed by atoms with E-state index in [1.807, 2.05) is 24.3 Å². The first-order valence-corrected chi connectivity index (χ1v) is 9.97. The molecule has 3 rings (SSSR count). The third-order valence-corrected chi connectivity index (χ3v) is 5.04. The van der Waals surface area contributed by atoms with E-state index < -0.39 is 0 Å². The highest BCUT2D eigenvalue weighted by molar-refractivity contribution is 9.10. The van der Waals surface area contributed by atoms with Gasteiger partial charge in [-0.2, -0.15) is 0 Å². The molecule has 1 fully saturated rings. The van der Waals surface area contributed by atoms with Gasteiger partial charge in [-0.25, -0.2) is 0 Å². The quantitative estimate of drug-likeness (QED) is 0.620. The molecule has 2 aromatic rings. The molecule has 28 heavy (non-hydrogen) atoms. The van der Waals surface area contributed by atoms with Crippen LogP contribution in [-0.4, -0.2) is 38.1 Å². The summed E-state index contributed by atoms with van der Waals surface area (Å²) in [6.07, 6.45) is 2.81. The summed E-state index contributed by atoms with van der Waals surface area (Å²) in [5.41, 5.74) is 1.60. The van der Waals surface area contributed by atoms with Crippen molar-refractivity contribution in [2.45, 2.75) is 25.3 Å². The molecule has 2 amide bonds. The van der Waals surface area contributed by atoms with E-state index in [4.69, 9.17) is 9.47 Å². The van der Waals surface area contributed by atoms with Crippen LogP contribution < -0.4 is 20.1 Å². The summed E-state index contributed by atoms with van der Waals surface area (Å²) in [5, 5.41) is 5.79. The van der Waals surface area contributed by atoms with Gasteiger partial charge in [-0.1, -0.05) is 12.1 Å². The summed E-state index contributed by atoms with van der Waals surface area (Å²) in [5.74, 6) is 1.04. The smallest absolute Gasteiger partial charge is 0.258 e. The van der Waals surface area contributed by atoms with E-state index >= 15 is 0 Å². The first kappa shape index (κ1) is 20.2. The fraction of sp³-hybridized carbons (Fsp3) is 0.333. The zero-order chi connectivity index (χ0) is 19.9. The number of nitrogens with one attached hydrogen (secondary N) is 2. The van der Waals surface area contributed by atoms with Crippen LogP contribution in [0.4, 0.5) is 0 Å². The molecule has 0 unspecified atom stereocenters. The normalized spacial score (nSPS) is 12.9. The minimum absolute atomic E-state index is 0.0291. The second kappa shape index (κ2) is 9.59. The molecule has 0 spiro atoms. The first-order chi connectivity index (χ1) is 13.5. The van der Waals surface area contributed by atoms with Crippen molar-refractivity contribution in [3.8, 4) is 11.5 Å². The monoisotopic (exact) mass is 446 g/mol. The number of benzene rings is 2. The van der Waals surface area contributed by atoms with Crippen LogP contribution >= 0.6 is 15.9 Å². The number of rotatable bonds is 9. The van der Waals surface area contributed by atoms with E-state index in [0.29, 0.717) is 36.1 Å². The van der Waals surface area contributed by atoms with Crippen molar-refractivity contribution >= 4 is 27.7 Å². The van der Waals surface area contributed by atoms with Gasteiger partial charge in [-0.15, -0.1) is 0 Å². The van der Waals surface area contributed by atoms with E-state index in [-0.39, 0.29) is 18.4 Å². The van der Waals surface area contributed by atoms with Crippen LogP contribution in [0, 0.1) is 0 Å². The van der Waals surface area contributed by atoms with Gasteiger partial charge in [0.2, 0.25) is 0 Å². The summed E-state index contributed by atoms with van der Waals surface area (Å²) in [6, 6.07) is 13.2. The lowest BCUT2D eigenvalue weighted by molar-refractivity contribution is -0.123. The molecule has 1 aliphatic rings. The van der Waals surface area contributed by atoms with Crippen molar-refractivity contribution in [2.24, 2.45) is 0 Å². The van der Waals surface area contributed by atoms with E-state index in [9.17, 15) is 9.59 Å². The third-order valence-electron chi connectivity index (χ3n) is 4.35. The Kier molecular flexibility index (Phi) is 6.92. The Hall–Kier alpha value is -2.54. The van der Waals surface area contributed by atoms with Crippen LogP contribution in [0.1, 0.15) is 28.8 Å². The molecule has 0 aliphatic heterocycles. The Morgan fingerprint density at radius 2 is 1.82 bits per heavy atom. The Labute approximate surface area is 172 Å². The van der Waals surface area contributed by atoms with Crippen LogP contribution in [0.2, 0.25) is 0 Å². The second-order valence-corrected chi connectivity index (χ2v) is 7.48. The molecule has 6 nitrogen and oxygen atoms in total. The zero-order valence-electron chi connectivity index (χ0n) is 15.7. The molecule has 0 atom stereocenters. The molecule has 7 heteroatoms. The predicted octanol–water partition coefficient (Wildman–Crippen LogP) is 3.09. The van der Waals surface area contributed by atoms with Crippen molar-refractivity contribution in [3.63, 3.8) is 0 Å². The summed E-state index contributed by atoms with van der Waals surface area (Å²) >= 11 is 3.39. The van der Waals surface area contributed by atoms with Crippen molar-refractivity contribution < 1.29 is 19.1 Å². The van der Waals surface area contributed by atoms with E-state index in [1.54, 1.807) is 25.3 Å². The Bertz CT molecular complexity index is 835. The predicted molar refractivity (Wildman–Crippen MR) is 110 cm³/mol. The number of ether oxygens (including phenoxy) is 2. The van der Waals surface area contributed by atoms with Gasteiger partial charge in [0.25, 0.3) is 11.8 Å². The number of carbonyl (C=O) groups excluding carboxylic acids is 2. The highest BCUT2D eigenvalue weighted by Gasteiger charge is 2.23. The van der Waals surface area contributed by atoms with Crippen LogP contribution in [0.15, 0.2) is 46.9 Å². The lowest BCUT2D eigenvalue weighted by Crippen LogP contribution is -2.30. The maximum absolute atomic E-state index is 12.4. The molecule has 0 aromatic heterocycles. The number of carbonyl (C=O) groups is 2. The second-order valence-electron chi connectivity index (χ2n) is 6.63. The van der Waals surface area contributed by atoms with Gasteiger partial charge in [0, 0.05) is 17.1 Å². The third kappa shape index (κ3) is 5.99. The molecule has 0 heterocycles. The van der Waals surface area contributed by atoms with E-state index in [2.05, 4.69) is 26.6 Å². The van der Waals surface area contributed by atoms with Gasteiger partial charge < -0.3 is 20.1 Å². The van der Waals surface area contributed by atoms with Crippen molar-refractivity contribution in [2.75, 3.05) is 20.3 Å². The molecule has 148 valence electrons. The summed E-state index contributed by atoms with van der Waals surface area (Å²) < 4.78 is 11.4. The first-order valence-electron chi connectivity index (χ1n) is 9.18. The standard InChI is InChI=1S/C21H23BrN2O4/c1-27-17-8-9-19(22)18(12-17)21(26)23-11-10-14-2-6-16(7-3-14)28-13-20(25)24-15-4-5-15/h2-3,6-9,12,15H,4-5,10-11,13H2,1H3,(H,23,26)(H,24,25). The van der Waals surface area contributed by atoms with Gasteiger partial charge >= 0.3 is 0 Å². The van der Waals surface area contributed by atoms with E-state index in [0.717, 1.165) is 22.9 Å². The van der Waals surface area contributed by atoms with Crippen LogP contribution in [0.3, 0.4) is 0 Å². The van der Waals surface area contributed by atoms with Crippen molar-refractivity contribution in [1.29, 1.82) is 0 Å². The molecule has 1 aliphatic carbocycles. The molecule has 0 saturated heterocycles. The minimum atomic E-state index is -0.160. The van der Waals surface area contributed by atoms with Crippen LogP contribution in [0.25, 0.3) is 0 Å². The van der Waals surface area contributed by atoms with E-state index in [1.165, 1.54) is 0 Å². The number of hydrogen-bond donors (Lipinski definition) is 2. The van der Waals surface area contributed by atoms with Gasteiger partial charge in [0.1, 0.15) is 11.5 Å². The van der Waals surface area contributed by atoms with Crippen molar-refractivity contribution in [1.82, 2.24) is 10.6 Å². The topological polar surface area (TPSA) is 76.7 Å². The molecule has 2 aromatic carbocycles. The fourth-order valence-electron chi connectivity index (χ4n) is 2.62. The Morgan fingerprint density at radius 3 is 2.50 bits per heavy atom. The average Bonchev–Trinajstić information content (AvgIpc) is 3.51. The zero-order valence-corrected chi connectivity index (χ0v) is 17.3. The van der Waals surface area contributed by atoms with Gasteiger partial charge in [-0.05, 0) is 71.1 Å². The summed E-state index contributed by atoms with van der Waals surface area (Å²) in [7, 11) is 1.57. The molecule has 1 saturated carbocycles. The SMILES string of the molecule is COc1ccc(Br)c(C(=O)NCCc2ccc(OCC(=O)NC3CC3)cc2)c1. The summed E-state index contributed by atoms with van der Waals surface area (Å²) in [6.45, 7) is 0.536. The number of methoxy groups -OCH3 is 1. The molecular weight excluding hydrogens is 424 g/mol. The highest BCUT2D eigenvalue weighted by Crippen LogP contribution is 2.22. The fourth-order valence-corrected chi connectivity index (χ4v) is 3.05. The number of amides is 2. The minimum Gasteiger partial charge on any atom is -0.497 e.